The molecule has 0 fully saturated rings. The number of fused-ring (bicyclic) bond motifs is 1. The van der Waals surface area contributed by atoms with Crippen LogP contribution in [0.25, 0.3) is 0 Å². The van der Waals surface area contributed by atoms with Crippen LogP contribution in [0.3, 0.4) is 0 Å². The van der Waals surface area contributed by atoms with E-state index in [9.17, 15) is 0 Å². The van der Waals surface area contributed by atoms with Gasteiger partial charge in [0, 0.05) is 11.1 Å². The number of hydrogen-bond donors (Lipinski definition) is 0. The normalized spacial score (nSPS) is 18.3. The minimum Gasteiger partial charge on any atom is -0.486 e. The van der Waals surface area contributed by atoms with E-state index in [0.29, 0.717) is 0 Å². The fourth-order valence-corrected chi connectivity index (χ4v) is 3.02. The predicted molar refractivity (Wildman–Crippen MR) is 79.3 cm³/mol. The van der Waals surface area contributed by atoms with E-state index in [4.69, 9.17) is 11.2 Å². The van der Waals surface area contributed by atoms with Crippen molar-refractivity contribution in [3.05, 3.63) is 28.8 Å². The smallest absolute Gasteiger partial charge is 0.139 e. The summed E-state index contributed by atoms with van der Waals surface area (Å²) in [5.41, 5.74) is 2.79. The molecular formula is C18H20O. The first kappa shape index (κ1) is 13.6. The van der Waals surface area contributed by atoms with Gasteiger partial charge in [0.15, 0.2) is 0 Å². The highest BCUT2D eigenvalue weighted by atomic mass is 16.5. The Balaban J connectivity index is 2.75. The maximum absolute atomic E-state index is 6.17. The molecule has 0 amide bonds. The summed E-state index contributed by atoms with van der Waals surface area (Å²) in [7, 11) is 0. The fraction of sp³-hybridized carbons (Fsp3) is 0.444. The summed E-state index contributed by atoms with van der Waals surface area (Å²) >= 11 is 0. The molecule has 0 atom stereocenters. The number of rotatable bonds is 0. The molecule has 1 heterocycles. The molecule has 0 N–H and O–H groups in total. The summed E-state index contributed by atoms with van der Waals surface area (Å²) in [6.45, 7) is 10.5. The molecule has 0 unspecified atom stereocenters. The predicted octanol–water partition coefficient (Wildman–Crippen LogP) is 3.88. The summed E-state index contributed by atoms with van der Waals surface area (Å²) in [5.74, 6) is 9.67. The summed E-state index contributed by atoms with van der Waals surface area (Å²) < 4.78 is 6.17. The third kappa shape index (κ3) is 2.47. The second-order valence-corrected chi connectivity index (χ2v) is 6.34. The lowest BCUT2D eigenvalue weighted by Gasteiger charge is -2.43. The van der Waals surface area contributed by atoms with Crippen molar-refractivity contribution in [1.29, 1.82) is 0 Å². The van der Waals surface area contributed by atoms with Gasteiger partial charge in [-0.05, 0) is 44.7 Å². The van der Waals surface area contributed by atoms with E-state index in [2.05, 4.69) is 51.5 Å². The number of hydrogen-bond acceptors (Lipinski definition) is 1. The Bertz CT molecular complexity index is 616. The lowest BCUT2D eigenvalue weighted by Crippen LogP contribution is -2.41. The van der Waals surface area contributed by atoms with Crippen molar-refractivity contribution < 1.29 is 4.74 Å². The Morgan fingerprint density at radius 2 is 1.89 bits per heavy atom. The number of benzene rings is 1. The van der Waals surface area contributed by atoms with Gasteiger partial charge < -0.3 is 4.74 Å². The molecule has 19 heavy (non-hydrogen) atoms. The van der Waals surface area contributed by atoms with E-state index in [1.807, 2.05) is 13.0 Å². The van der Waals surface area contributed by atoms with Crippen LogP contribution in [0.1, 0.15) is 57.7 Å². The van der Waals surface area contributed by atoms with Crippen molar-refractivity contribution in [3.8, 4) is 29.9 Å². The maximum atomic E-state index is 6.17. The lowest BCUT2D eigenvalue weighted by molar-refractivity contribution is 0.0530. The number of terminal acetylenes is 1. The Hall–Kier alpha value is -1.86. The summed E-state index contributed by atoms with van der Waals surface area (Å²) in [6, 6.07) is 4.00. The molecule has 0 saturated heterocycles. The third-order valence-corrected chi connectivity index (χ3v) is 3.49. The molecule has 0 aliphatic carbocycles. The Morgan fingerprint density at radius 3 is 2.47 bits per heavy atom. The van der Waals surface area contributed by atoms with Crippen molar-refractivity contribution in [1.82, 2.24) is 0 Å². The van der Waals surface area contributed by atoms with E-state index in [1.165, 1.54) is 5.56 Å². The van der Waals surface area contributed by atoms with Crippen molar-refractivity contribution >= 4 is 0 Å². The zero-order chi connectivity index (χ0) is 14.3. The third-order valence-electron chi connectivity index (χ3n) is 3.49. The standard InChI is InChI=1S/C18H20O/c1-7-9-14-10-13(8-2)11-15-16(14)19-18(5,6)12-17(15,3)4/h2,10-11H,12H2,1,3-6H3. The van der Waals surface area contributed by atoms with Gasteiger partial charge in [-0.3, -0.25) is 0 Å². The van der Waals surface area contributed by atoms with Crippen LogP contribution < -0.4 is 4.74 Å². The van der Waals surface area contributed by atoms with Crippen molar-refractivity contribution in [2.24, 2.45) is 0 Å². The quantitative estimate of drug-likeness (QED) is 0.637. The van der Waals surface area contributed by atoms with Crippen LogP contribution >= 0.6 is 0 Å². The highest BCUT2D eigenvalue weighted by Crippen LogP contribution is 2.46. The second kappa shape index (κ2) is 4.36. The molecule has 1 aliphatic heterocycles. The first-order valence-corrected chi connectivity index (χ1v) is 6.56. The van der Waals surface area contributed by atoms with Crippen LogP contribution in [0.4, 0.5) is 0 Å². The lowest BCUT2D eigenvalue weighted by atomic mass is 9.72. The Labute approximate surface area is 116 Å². The van der Waals surface area contributed by atoms with Crippen LogP contribution in [0.2, 0.25) is 0 Å². The summed E-state index contributed by atoms with van der Waals surface area (Å²) in [5, 5.41) is 0. The van der Waals surface area contributed by atoms with Gasteiger partial charge in [-0.15, -0.1) is 12.3 Å². The molecule has 0 spiro atoms. The first-order chi connectivity index (χ1) is 8.79. The second-order valence-electron chi connectivity index (χ2n) is 6.34. The molecule has 1 nitrogen and oxygen atoms in total. The summed E-state index contributed by atoms with van der Waals surface area (Å²) in [4.78, 5) is 0. The minimum atomic E-state index is -0.182. The molecule has 0 saturated carbocycles. The summed E-state index contributed by atoms with van der Waals surface area (Å²) in [6.07, 6.45) is 6.51. The van der Waals surface area contributed by atoms with Crippen molar-refractivity contribution in [2.75, 3.05) is 0 Å². The van der Waals surface area contributed by atoms with Gasteiger partial charge in [-0.1, -0.05) is 25.7 Å². The molecule has 0 bridgehead atoms. The van der Waals surface area contributed by atoms with E-state index in [-0.39, 0.29) is 11.0 Å². The van der Waals surface area contributed by atoms with E-state index in [0.717, 1.165) is 23.3 Å². The van der Waals surface area contributed by atoms with Crippen LogP contribution in [0, 0.1) is 24.2 Å². The Kier molecular flexibility index (Phi) is 3.11. The highest BCUT2D eigenvalue weighted by Gasteiger charge is 2.40. The first-order valence-electron chi connectivity index (χ1n) is 6.56. The SMILES string of the molecule is C#Cc1cc(C#CC)c2c(c1)C(C)(C)CC(C)(C)O2. The molecule has 1 aromatic rings. The zero-order valence-corrected chi connectivity index (χ0v) is 12.3. The van der Waals surface area contributed by atoms with Gasteiger partial charge in [-0.25, -0.2) is 0 Å². The molecule has 0 aromatic heterocycles. The van der Waals surface area contributed by atoms with Gasteiger partial charge in [0.05, 0.1) is 5.56 Å². The van der Waals surface area contributed by atoms with Crippen molar-refractivity contribution in [2.45, 2.75) is 52.1 Å². The van der Waals surface area contributed by atoms with E-state index < -0.39 is 0 Å². The van der Waals surface area contributed by atoms with Crippen molar-refractivity contribution in [3.63, 3.8) is 0 Å². The molecular weight excluding hydrogens is 232 g/mol. The van der Waals surface area contributed by atoms with E-state index >= 15 is 0 Å². The van der Waals surface area contributed by atoms with Gasteiger partial charge >= 0.3 is 0 Å². The average molecular weight is 252 g/mol. The maximum Gasteiger partial charge on any atom is 0.139 e. The van der Waals surface area contributed by atoms with Crippen LogP contribution in [-0.2, 0) is 5.41 Å². The van der Waals surface area contributed by atoms with Crippen LogP contribution in [0.15, 0.2) is 12.1 Å². The molecule has 1 aromatic carbocycles. The van der Waals surface area contributed by atoms with Gasteiger partial charge in [0.2, 0.25) is 0 Å². The van der Waals surface area contributed by atoms with Gasteiger partial charge in [0.1, 0.15) is 11.4 Å². The van der Waals surface area contributed by atoms with Crippen LogP contribution in [-0.4, -0.2) is 5.60 Å². The monoisotopic (exact) mass is 252 g/mol. The van der Waals surface area contributed by atoms with Gasteiger partial charge in [0.25, 0.3) is 0 Å². The molecule has 1 heteroatoms. The molecule has 98 valence electrons. The number of ether oxygens (including phenoxy) is 1. The van der Waals surface area contributed by atoms with E-state index in [1.54, 1.807) is 0 Å². The van der Waals surface area contributed by atoms with Gasteiger partial charge in [-0.2, -0.15) is 0 Å². The largest absolute Gasteiger partial charge is 0.486 e. The minimum absolute atomic E-state index is 0.0358. The Morgan fingerprint density at radius 1 is 1.21 bits per heavy atom. The highest BCUT2D eigenvalue weighted by molar-refractivity contribution is 5.59. The fourth-order valence-electron chi connectivity index (χ4n) is 3.02. The zero-order valence-electron chi connectivity index (χ0n) is 12.3. The molecule has 0 radical (unpaired) electrons. The van der Waals surface area contributed by atoms with Crippen LogP contribution in [0.5, 0.6) is 5.75 Å². The topological polar surface area (TPSA) is 9.23 Å². The molecule has 2 rings (SSSR count). The average Bonchev–Trinajstić information content (AvgIpc) is 2.28. The molecule has 1 aliphatic rings.